The van der Waals surface area contributed by atoms with Crippen LogP contribution in [0.1, 0.15) is 19.4 Å². The number of hydrogen-bond acceptors (Lipinski definition) is 3. The van der Waals surface area contributed by atoms with E-state index in [1.54, 1.807) is 0 Å². The van der Waals surface area contributed by atoms with Gasteiger partial charge >= 0.3 is 0 Å². The average molecular weight is 407 g/mol. The molecule has 0 radical (unpaired) electrons. The van der Waals surface area contributed by atoms with E-state index in [9.17, 15) is 9.59 Å². The van der Waals surface area contributed by atoms with Crippen LogP contribution in [0.5, 0.6) is 0 Å². The minimum atomic E-state index is -0.624. The fourth-order valence-electron chi connectivity index (χ4n) is 3.35. The summed E-state index contributed by atoms with van der Waals surface area (Å²) in [6.07, 6.45) is 2.35. The smallest absolute Gasteiger partial charge is 0.242 e. The van der Waals surface area contributed by atoms with E-state index in [0.717, 1.165) is 22.2 Å². The van der Waals surface area contributed by atoms with Crippen molar-refractivity contribution in [1.82, 2.24) is 15.6 Å². The molecule has 0 bridgehead atoms. The average Bonchev–Trinajstić information content (AvgIpc) is 3.16. The number of carbonyl (C=O) groups excluding carboxylic acids is 2. The van der Waals surface area contributed by atoms with Crippen molar-refractivity contribution in [3.63, 3.8) is 0 Å². The summed E-state index contributed by atoms with van der Waals surface area (Å²) in [7, 11) is 1.99. The molecule has 2 aromatic carbocycles. The second kappa shape index (κ2) is 9.96. The molecule has 0 saturated carbocycles. The van der Waals surface area contributed by atoms with Crippen LogP contribution in [0.25, 0.3) is 10.9 Å². The molecule has 0 aliphatic rings. The van der Waals surface area contributed by atoms with Crippen LogP contribution in [-0.4, -0.2) is 43.0 Å². The summed E-state index contributed by atoms with van der Waals surface area (Å²) in [6, 6.07) is 17.4. The van der Waals surface area contributed by atoms with Crippen molar-refractivity contribution in [3.8, 4) is 0 Å². The van der Waals surface area contributed by atoms with Crippen molar-refractivity contribution in [2.75, 3.05) is 25.0 Å². The molecule has 3 aromatic rings. The van der Waals surface area contributed by atoms with E-state index in [1.165, 1.54) is 0 Å². The Kier molecular flexibility index (Phi) is 7.12. The predicted molar refractivity (Wildman–Crippen MR) is 121 cm³/mol. The molecule has 1 heterocycles. The van der Waals surface area contributed by atoms with Crippen LogP contribution in [0.4, 0.5) is 5.69 Å². The molecule has 6 nitrogen and oxygen atoms in total. The van der Waals surface area contributed by atoms with Gasteiger partial charge in [0, 0.05) is 55.3 Å². The molecule has 158 valence electrons. The van der Waals surface area contributed by atoms with Gasteiger partial charge in [-0.05, 0) is 23.8 Å². The monoisotopic (exact) mass is 406 g/mol. The molecule has 1 atom stereocenters. The lowest BCUT2D eigenvalue weighted by atomic mass is 10.0. The zero-order valence-corrected chi connectivity index (χ0v) is 17.8. The first kappa shape index (κ1) is 21.4. The third-order valence-corrected chi connectivity index (χ3v) is 5.20. The zero-order chi connectivity index (χ0) is 21.5. The van der Waals surface area contributed by atoms with Gasteiger partial charge in [-0.3, -0.25) is 9.59 Å². The summed E-state index contributed by atoms with van der Waals surface area (Å²) in [4.78, 5) is 30.6. The standard InChI is InChI=1S/C24H30N4O2/c1-17(2)23(29)27-22(15-18-16-26-21-12-8-7-11-20(18)21)24(30)25-13-14-28(3)19-9-5-4-6-10-19/h4-12,16-17,22,26H,13-15H2,1-3H3,(H,25,30)(H,27,29). The number of para-hydroxylation sites is 2. The molecule has 1 unspecified atom stereocenters. The van der Waals surface area contributed by atoms with Gasteiger partial charge in [-0.2, -0.15) is 0 Å². The number of anilines is 1. The summed E-state index contributed by atoms with van der Waals surface area (Å²) in [5.41, 5.74) is 3.12. The molecule has 3 N–H and O–H groups in total. The van der Waals surface area contributed by atoms with E-state index in [4.69, 9.17) is 0 Å². The highest BCUT2D eigenvalue weighted by molar-refractivity contribution is 5.90. The van der Waals surface area contributed by atoms with Gasteiger partial charge in [0.1, 0.15) is 6.04 Å². The lowest BCUT2D eigenvalue weighted by molar-refractivity contribution is -0.130. The number of nitrogens with one attached hydrogen (secondary N) is 3. The van der Waals surface area contributed by atoms with Gasteiger partial charge in [-0.15, -0.1) is 0 Å². The fourth-order valence-corrected chi connectivity index (χ4v) is 3.35. The van der Waals surface area contributed by atoms with Crippen LogP contribution in [-0.2, 0) is 16.0 Å². The first-order chi connectivity index (χ1) is 14.5. The maximum Gasteiger partial charge on any atom is 0.242 e. The summed E-state index contributed by atoms with van der Waals surface area (Å²) in [6.45, 7) is 4.81. The van der Waals surface area contributed by atoms with Gasteiger partial charge in [0.15, 0.2) is 0 Å². The summed E-state index contributed by atoms with van der Waals surface area (Å²) in [5, 5.41) is 6.96. The number of hydrogen-bond donors (Lipinski definition) is 3. The number of rotatable bonds is 9. The molecule has 2 amide bonds. The molecule has 30 heavy (non-hydrogen) atoms. The van der Waals surface area contributed by atoms with Gasteiger partial charge in [0.25, 0.3) is 0 Å². The lowest BCUT2D eigenvalue weighted by Gasteiger charge is -2.22. The Morgan fingerprint density at radius 1 is 1.00 bits per heavy atom. The third kappa shape index (κ3) is 5.41. The Labute approximate surface area is 177 Å². The highest BCUT2D eigenvalue weighted by Gasteiger charge is 2.23. The first-order valence-electron chi connectivity index (χ1n) is 10.3. The van der Waals surface area contributed by atoms with E-state index >= 15 is 0 Å². The zero-order valence-electron chi connectivity index (χ0n) is 17.8. The fraction of sp³-hybridized carbons (Fsp3) is 0.333. The molecule has 0 fully saturated rings. The van der Waals surface area contributed by atoms with E-state index in [0.29, 0.717) is 19.5 Å². The lowest BCUT2D eigenvalue weighted by Crippen LogP contribution is -2.50. The SMILES string of the molecule is CC(C)C(=O)NC(Cc1c[nH]c2ccccc12)C(=O)NCCN(C)c1ccccc1. The number of nitrogens with zero attached hydrogens (tertiary/aromatic N) is 1. The molecule has 0 saturated heterocycles. The van der Waals surface area contributed by atoms with Crippen LogP contribution < -0.4 is 15.5 Å². The molecule has 6 heteroatoms. The van der Waals surface area contributed by atoms with Crippen LogP contribution in [0, 0.1) is 5.92 Å². The summed E-state index contributed by atoms with van der Waals surface area (Å²) < 4.78 is 0. The quantitative estimate of drug-likeness (QED) is 0.511. The van der Waals surface area contributed by atoms with Gasteiger partial charge in [0.2, 0.25) is 11.8 Å². The minimum Gasteiger partial charge on any atom is -0.373 e. The Morgan fingerprint density at radius 3 is 2.43 bits per heavy atom. The molecule has 0 spiro atoms. The maximum atomic E-state index is 12.9. The largest absolute Gasteiger partial charge is 0.373 e. The molecule has 0 aliphatic heterocycles. The number of H-pyrrole nitrogens is 1. The van der Waals surface area contributed by atoms with Crippen LogP contribution >= 0.6 is 0 Å². The number of aromatic amines is 1. The van der Waals surface area contributed by atoms with E-state index in [2.05, 4.69) is 20.5 Å². The van der Waals surface area contributed by atoms with Crippen LogP contribution in [0.2, 0.25) is 0 Å². The molecule has 0 aliphatic carbocycles. The number of carbonyl (C=O) groups is 2. The number of amides is 2. The Balaban J connectivity index is 1.65. The second-order valence-corrected chi connectivity index (χ2v) is 7.83. The third-order valence-electron chi connectivity index (χ3n) is 5.20. The molecular weight excluding hydrogens is 376 g/mol. The van der Waals surface area contributed by atoms with Crippen molar-refractivity contribution >= 4 is 28.4 Å². The van der Waals surface area contributed by atoms with Gasteiger partial charge in [0.05, 0.1) is 0 Å². The minimum absolute atomic E-state index is 0.128. The number of likely N-dealkylation sites (N-methyl/N-ethyl adjacent to an activating group) is 1. The van der Waals surface area contributed by atoms with Crippen molar-refractivity contribution < 1.29 is 9.59 Å². The maximum absolute atomic E-state index is 12.9. The second-order valence-electron chi connectivity index (χ2n) is 7.83. The van der Waals surface area contributed by atoms with Gasteiger partial charge < -0.3 is 20.5 Å². The van der Waals surface area contributed by atoms with E-state index < -0.39 is 6.04 Å². The summed E-state index contributed by atoms with van der Waals surface area (Å²) >= 11 is 0. The highest BCUT2D eigenvalue weighted by atomic mass is 16.2. The Bertz CT molecular complexity index is 981. The Morgan fingerprint density at radius 2 is 1.70 bits per heavy atom. The number of benzene rings is 2. The number of fused-ring (bicyclic) bond motifs is 1. The van der Waals surface area contributed by atoms with Crippen molar-refractivity contribution in [1.29, 1.82) is 0 Å². The molecule has 1 aromatic heterocycles. The summed E-state index contributed by atoms with van der Waals surface area (Å²) in [5.74, 6) is -0.486. The van der Waals surface area contributed by atoms with Crippen LogP contribution in [0.3, 0.4) is 0 Å². The number of aromatic nitrogens is 1. The molecule has 3 rings (SSSR count). The van der Waals surface area contributed by atoms with Gasteiger partial charge in [-0.1, -0.05) is 50.2 Å². The normalized spacial score (nSPS) is 12.0. The van der Waals surface area contributed by atoms with Gasteiger partial charge in [-0.25, -0.2) is 0 Å². The van der Waals surface area contributed by atoms with E-state index in [1.807, 2.05) is 81.7 Å². The molecular formula is C24H30N4O2. The topological polar surface area (TPSA) is 77.2 Å². The first-order valence-corrected chi connectivity index (χ1v) is 10.3. The Hall–Kier alpha value is -3.28. The van der Waals surface area contributed by atoms with Crippen molar-refractivity contribution in [2.45, 2.75) is 26.3 Å². The predicted octanol–water partition coefficient (Wildman–Crippen LogP) is 3.10. The highest BCUT2D eigenvalue weighted by Crippen LogP contribution is 2.19. The van der Waals surface area contributed by atoms with E-state index in [-0.39, 0.29) is 17.7 Å². The van der Waals surface area contributed by atoms with Crippen LogP contribution in [0.15, 0.2) is 60.8 Å². The van der Waals surface area contributed by atoms with Crippen molar-refractivity contribution in [2.24, 2.45) is 5.92 Å². The van der Waals surface area contributed by atoms with Crippen molar-refractivity contribution in [3.05, 3.63) is 66.4 Å².